The van der Waals surface area contributed by atoms with Gasteiger partial charge in [0.25, 0.3) is 5.91 Å². The van der Waals surface area contributed by atoms with E-state index in [0.29, 0.717) is 31.0 Å². The van der Waals surface area contributed by atoms with Gasteiger partial charge in [0.2, 0.25) is 0 Å². The summed E-state index contributed by atoms with van der Waals surface area (Å²) in [5, 5.41) is 2.02. The van der Waals surface area contributed by atoms with Crippen LogP contribution in [-0.2, 0) is 13.1 Å². The first-order valence-corrected chi connectivity index (χ1v) is 9.71. The van der Waals surface area contributed by atoms with Crippen LogP contribution in [0.25, 0.3) is 0 Å². The van der Waals surface area contributed by atoms with Gasteiger partial charge >= 0.3 is 0 Å². The van der Waals surface area contributed by atoms with Crippen molar-refractivity contribution in [2.24, 2.45) is 0 Å². The second-order valence-corrected chi connectivity index (χ2v) is 7.05. The Morgan fingerprint density at radius 2 is 2.00 bits per heavy atom. The van der Waals surface area contributed by atoms with Crippen molar-refractivity contribution in [3.63, 3.8) is 0 Å². The number of rotatable bonds is 9. The highest BCUT2D eigenvalue weighted by Crippen LogP contribution is 2.23. The first-order valence-electron chi connectivity index (χ1n) is 8.83. The molecule has 4 nitrogen and oxygen atoms in total. The molecule has 3 aromatic rings. The number of furan rings is 1. The fraction of sp³-hybridized carbons (Fsp3) is 0.286. The summed E-state index contributed by atoms with van der Waals surface area (Å²) in [5.41, 5.74) is 0.590. The molecule has 136 valence electrons. The molecule has 0 bridgehead atoms. The minimum atomic E-state index is -0.0538. The topological polar surface area (TPSA) is 42.7 Å². The Balaban J connectivity index is 1.82. The zero-order valence-electron chi connectivity index (χ0n) is 14.9. The molecule has 0 N–H and O–H groups in total. The van der Waals surface area contributed by atoms with Crippen LogP contribution in [0.15, 0.2) is 64.6 Å². The number of hydrogen-bond acceptors (Lipinski definition) is 4. The second kappa shape index (κ2) is 9.25. The molecule has 2 aromatic heterocycles. The first kappa shape index (κ1) is 18.3. The molecule has 0 spiro atoms. The summed E-state index contributed by atoms with van der Waals surface area (Å²) in [6.07, 6.45) is 3.65. The lowest BCUT2D eigenvalue weighted by molar-refractivity contribution is 0.0715. The highest BCUT2D eigenvalue weighted by molar-refractivity contribution is 7.09. The molecule has 0 aliphatic carbocycles. The number of nitrogens with zero attached hydrogens (tertiary/aromatic N) is 1. The summed E-state index contributed by atoms with van der Waals surface area (Å²) in [4.78, 5) is 16.2. The summed E-state index contributed by atoms with van der Waals surface area (Å²) in [5.74, 6) is 1.35. The second-order valence-electron chi connectivity index (χ2n) is 6.02. The van der Waals surface area contributed by atoms with Crippen molar-refractivity contribution in [1.82, 2.24) is 4.90 Å². The third kappa shape index (κ3) is 4.76. The monoisotopic (exact) mass is 369 g/mol. The molecule has 5 heteroatoms. The predicted molar refractivity (Wildman–Crippen MR) is 103 cm³/mol. The Morgan fingerprint density at radius 3 is 2.73 bits per heavy atom. The molecule has 0 atom stereocenters. The van der Waals surface area contributed by atoms with E-state index in [2.05, 4.69) is 6.92 Å². The first-order chi connectivity index (χ1) is 12.8. The smallest absolute Gasteiger partial charge is 0.258 e. The fourth-order valence-corrected chi connectivity index (χ4v) is 3.37. The van der Waals surface area contributed by atoms with Crippen molar-refractivity contribution in [2.45, 2.75) is 32.9 Å². The van der Waals surface area contributed by atoms with Crippen molar-refractivity contribution < 1.29 is 13.9 Å². The van der Waals surface area contributed by atoms with Gasteiger partial charge in [-0.2, -0.15) is 0 Å². The van der Waals surface area contributed by atoms with Crippen LogP contribution < -0.4 is 4.74 Å². The van der Waals surface area contributed by atoms with Gasteiger partial charge in [-0.1, -0.05) is 31.5 Å². The lowest BCUT2D eigenvalue weighted by atomic mass is 10.1. The molecule has 0 fully saturated rings. The molecule has 1 aromatic carbocycles. The van der Waals surface area contributed by atoms with Gasteiger partial charge in [-0.25, -0.2) is 0 Å². The largest absolute Gasteiger partial charge is 0.493 e. The fourth-order valence-electron chi connectivity index (χ4n) is 2.65. The van der Waals surface area contributed by atoms with E-state index in [4.69, 9.17) is 9.15 Å². The molecular weight excluding hydrogens is 346 g/mol. The average Bonchev–Trinajstić information content (AvgIpc) is 3.35. The zero-order chi connectivity index (χ0) is 18.2. The third-order valence-electron chi connectivity index (χ3n) is 4.01. The molecule has 0 aliphatic heterocycles. The lowest BCUT2D eigenvalue weighted by Gasteiger charge is -2.22. The van der Waals surface area contributed by atoms with Crippen LogP contribution in [0.2, 0.25) is 0 Å². The van der Waals surface area contributed by atoms with E-state index in [1.165, 1.54) is 0 Å². The predicted octanol–water partition coefficient (Wildman–Crippen LogP) is 5.36. The van der Waals surface area contributed by atoms with E-state index in [-0.39, 0.29) is 5.91 Å². The van der Waals surface area contributed by atoms with Crippen molar-refractivity contribution >= 4 is 17.2 Å². The van der Waals surface area contributed by atoms with Crippen LogP contribution in [0.3, 0.4) is 0 Å². The van der Waals surface area contributed by atoms with Crippen molar-refractivity contribution in [2.75, 3.05) is 6.61 Å². The molecule has 0 unspecified atom stereocenters. The molecule has 0 saturated heterocycles. The number of carbonyl (C=O) groups is 1. The minimum absolute atomic E-state index is 0.0538. The molecule has 2 heterocycles. The molecule has 1 amide bonds. The van der Waals surface area contributed by atoms with Gasteiger partial charge in [-0.05, 0) is 42.1 Å². The molecule has 26 heavy (non-hydrogen) atoms. The number of thiophene rings is 1. The summed E-state index contributed by atoms with van der Waals surface area (Å²) in [7, 11) is 0. The SMILES string of the molecule is CCCCOc1ccccc1C(=O)N(Cc1ccco1)Cc1cccs1. The summed E-state index contributed by atoms with van der Waals surface area (Å²) >= 11 is 1.64. The van der Waals surface area contributed by atoms with Gasteiger partial charge < -0.3 is 14.1 Å². The van der Waals surface area contributed by atoms with E-state index in [0.717, 1.165) is 23.5 Å². The van der Waals surface area contributed by atoms with Gasteiger partial charge in [0.15, 0.2) is 0 Å². The standard InChI is InChI=1S/C21H23NO3S/c1-2-3-12-25-20-11-5-4-10-19(20)21(23)22(15-17-8-6-13-24-17)16-18-9-7-14-26-18/h4-11,13-14H,2-3,12,15-16H2,1H3. The summed E-state index contributed by atoms with van der Waals surface area (Å²) in [6.45, 7) is 3.70. The van der Waals surface area contributed by atoms with E-state index < -0.39 is 0 Å². The molecule has 0 radical (unpaired) electrons. The lowest BCUT2D eigenvalue weighted by Crippen LogP contribution is -2.30. The highest BCUT2D eigenvalue weighted by atomic mass is 32.1. The maximum absolute atomic E-state index is 13.3. The number of benzene rings is 1. The van der Waals surface area contributed by atoms with Gasteiger partial charge in [0, 0.05) is 4.88 Å². The highest BCUT2D eigenvalue weighted by Gasteiger charge is 2.21. The number of ether oxygens (including phenoxy) is 1. The van der Waals surface area contributed by atoms with E-state index in [1.807, 2.05) is 53.9 Å². The molecule has 0 saturated carbocycles. The Morgan fingerprint density at radius 1 is 1.12 bits per heavy atom. The number of hydrogen-bond donors (Lipinski definition) is 0. The van der Waals surface area contributed by atoms with Crippen LogP contribution in [0.4, 0.5) is 0 Å². The van der Waals surface area contributed by atoms with Gasteiger partial charge in [-0.3, -0.25) is 4.79 Å². The average molecular weight is 369 g/mol. The maximum Gasteiger partial charge on any atom is 0.258 e. The Kier molecular flexibility index (Phi) is 6.50. The molecule has 3 rings (SSSR count). The van der Waals surface area contributed by atoms with Crippen LogP contribution in [-0.4, -0.2) is 17.4 Å². The van der Waals surface area contributed by atoms with E-state index in [1.54, 1.807) is 22.5 Å². The number of unbranched alkanes of at least 4 members (excludes halogenated alkanes) is 1. The zero-order valence-corrected chi connectivity index (χ0v) is 15.7. The van der Waals surface area contributed by atoms with Crippen LogP contribution >= 0.6 is 11.3 Å². The van der Waals surface area contributed by atoms with Crippen LogP contribution in [0, 0.1) is 0 Å². The number of amides is 1. The summed E-state index contributed by atoms with van der Waals surface area (Å²) < 4.78 is 11.3. The Hall–Kier alpha value is -2.53. The normalized spacial score (nSPS) is 10.7. The van der Waals surface area contributed by atoms with E-state index in [9.17, 15) is 4.79 Å². The third-order valence-corrected chi connectivity index (χ3v) is 4.87. The van der Waals surface area contributed by atoms with Gasteiger partial charge in [-0.15, -0.1) is 11.3 Å². The van der Waals surface area contributed by atoms with Crippen LogP contribution in [0.5, 0.6) is 5.75 Å². The Bertz CT molecular complexity index is 760. The maximum atomic E-state index is 13.3. The summed E-state index contributed by atoms with van der Waals surface area (Å²) in [6, 6.07) is 15.2. The number of para-hydroxylation sites is 1. The molecule has 0 aliphatic rings. The van der Waals surface area contributed by atoms with Crippen molar-refractivity contribution in [1.29, 1.82) is 0 Å². The van der Waals surface area contributed by atoms with Crippen molar-refractivity contribution in [3.05, 3.63) is 76.4 Å². The van der Waals surface area contributed by atoms with Gasteiger partial charge in [0.1, 0.15) is 11.5 Å². The van der Waals surface area contributed by atoms with E-state index >= 15 is 0 Å². The Labute approximate surface area is 158 Å². The minimum Gasteiger partial charge on any atom is -0.493 e. The quantitative estimate of drug-likeness (QED) is 0.477. The molecular formula is C21H23NO3S. The van der Waals surface area contributed by atoms with Crippen LogP contribution in [0.1, 0.15) is 40.8 Å². The van der Waals surface area contributed by atoms with Gasteiger partial charge in [0.05, 0.1) is 31.5 Å². The number of carbonyl (C=O) groups excluding carboxylic acids is 1. The van der Waals surface area contributed by atoms with Crippen molar-refractivity contribution in [3.8, 4) is 5.75 Å².